The Bertz CT molecular complexity index is 1860. The maximum absolute atomic E-state index is 15.0. The van der Waals surface area contributed by atoms with Gasteiger partial charge in [-0.2, -0.15) is 9.97 Å². The second kappa shape index (κ2) is 14.3. The molecule has 7 rings (SSSR count). The minimum Gasteiger partial charge on any atom is -0.461 e. The van der Waals surface area contributed by atoms with Gasteiger partial charge in [0.15, 0.2) is 0 Å². The van der Waals surface area contributed by atoms with Crippen LogP contribution in [0, 0.1) is 18.2 Å². The summed E-state index contributed by atoms with van der Waals surface area (Å²) in [6.45, 7) is 6.90. The number of likely N-dealkylation sites (N-methyl/N-ethyl adjacent to an activating group) is 1. The normalized spacial score (nSPS) is 24.8. The fraction of sp³-hybridized carbons (Fsp3) is 0.500. The lowest BCUT2D eigenvalue weighted by molar-refractivity contribution is -0.129. The van der Waals surface area contributed by atoms with Crippen molar-refractivity contribution in [2.75, 3.05) is 48.4 Å². The van der Waals surface area contributed by atoms with Gasteiger partial charge in [0, 0.05) is 75.6 Å². The van der Waals surface area contributed by atoms with Gasteiger partial charge in [0.1, 0.15) is 24.4 Å². The summed E-state index contributed by atoms with van der Waals surface area (Å²) in [5.41, 5.74) is 3.23. The number of nitrogens with zero attached hydrogens (tertiary/aromatic N) is 6. The zero-order chi connectivity index (χ0) is 36.6. The van der Waals surface area contributed by atoms with Crippen LogP contribution >= 0.6 is 0 Å². The number of alkyl halides is 1. The third kappa shape index (κ3) is 6.67. The molecule has 1 saturated carbocycles. The lowest BCUT2D eigenvalue weighted by Gasteiger charge is -2.42. The molecule has 3 aromatic rings. The zero-order valence-corrected chi connectivity index (χ0v) is 30.0. The minimum atomic E-state index is -1.03. The zero-order valence-electron chi connectivity index (χ0n) is 30.0. The number of rotatable bonds is 10. The van der Waals surface area contributed by atoms with Crippen molar-refractivity contribution in [3.05, 3.63) is 77.5 Å². The monoisotopic (exact) mass is 711 g/mol. The fourth-order valence-electron chi connectivity index (χ4n) is 8.91. The Labute approximate surface area is 304 Å². The number of carbonyl (C=O) groups excluding carboxylic acids is 1. The highest BCUT2D eigenvalue weighted by molar-refractivity contribution is 5.87. The molecule has 2 aromatic heterocycles. The average Bonchev–Trinajstić information content (AvgIpc) is 3.76. The lowest BCUT2D eigenvalue weighted by atomic mass is 9.87. The number of anilines is 3. The van der Waals surface area contributed by atoms with Crippen molar-refractivity contribution < 1.29 is 23.4 Å². The molecule has 10 nitrogen and oxygen atoms in total. The number of halogens is 2. The van der Waals surface area contributed by atoms with Gasteiger partial charge in [0.25, 0.3) is 0 Å². The standard InChI is InChI=1S/C40H47F2N7O3/c1-5-31-33(42)12-9-26-19-30(50)23-48(36(26)31)29-10-11-32-34(20-29)45-38(46-37(32)44-24-40(15-7-8-16-40)47(4)35(51)6-2)52-25-39(3)21-27(41)22-49(39)28-13-17-43-18-14-28/h1,6,9,12-14,17-18,27,29-30,50H,2,7-8,10-11,15-16,19-25H2,3-4H3,(H,44,45,46)/t27-,29+,30-,39+/m1/s1. The smallest absolute Gasteiger partial charge is 0.318 e. The van der Waals surface area contributed by atoms with Gasteiger partial charge in [0.05, 0.1) is 34.1 Å². The Kier molecular flexibility index (Phi) is 9.83. The number of hydrogen-bond acceptors (Lipinski definition) is 9. The molecule has 0 unspecified atom stereocenters. The van der Waals surface area contributed by atoms with Gasteiger partial charge in [-0.25, -0.2) is 8.78 Å². The lowest BCUT2D eigenvalue weighted by Crippen LogP contribution is -2.52. The van der Waals surface area contributed by atoms with Crippen molar-refractivity contribution in [3.8, 4) is 18.4 Å². The molecule has 2 aliphatic heterocycles. The molecule has 52 heavy (non-hydrogen) atoms. The third-order valence-corrected chi connectivity index (χ3v) is 11.7. The summed E-state index contributed by atoms with van der Waals surface area (Å²) < 4.78 is 36.4. The molecule has 1 aromatic carbocycles. The maximum Gasteiger partial charge on any atom is 0.318 e. The summed E-state index contributed by atoms with van der Waals surface area (Å²) in [6, 6.07) is 6.87. The van der Waals surface area contributed by atoms with Crippen LogP contribution < -0.4 is 19.9 Å². The molecule has 0 spiro atoms. The molecule has 2 fully saturated rings. The van der Waals surface area contributed by atoms with E-state index in [2.05, 4.69) is 27.7 Å². The van der Waals surface area contributed by atoms with E-state index >= 15 is 4.39 Å². The topological polar surface area (TPSA) is 107 Å². The molecule has 2 N–H and O–H groups in total. The third-order valence-electron chi connectivity index (χ3n) is 11.7. The highest BCUT2D eigenvalue weighted by Gasteiger charge is 2.44. The first-order valence-corrected chi connectivity index (χ1v) is 18.3. The Morgan fingerprint density at radius 3 is 2.71 bits per heavy atom. The van der Waals surface area contributed by atoms with Crippen molar-refractivity contribution in [3.63, 3.8) is 0 Å². The Balaban J connectivity index is 1.21. The van der Waals surface area contributed by atoms with Gasteiger partial charge in [-0.15, -0.1) is 6.42 Å². The molecule has 1 saturated heterocycles. The molecule has 4 heterocycles. The Morgan fingerprint density at radius 1 is 1.21 bits per heavy atom. The summed E-state index contributed by atoms with van der Waals surface area (Å²) in [6.07, 6.45) is 15.2. The highest BCUT2D eigenvalue weighted by Crippen LogP contribution is 2.40. The predicted molar refractivity (Wildman–Crippen MR) is 197 cm³/mol. The molecule has 1 amide bonds. The number of nitrogens with one attached hydrogen (secondary N) is 1. The van der Waals surface area contributed by atoms with Crippen LogP contribution in [0.25, 0.3) is 0 Å². The minimum absolute atomic E-state index is 0.120. The molecular formula is C40H47F2N7O3. The van der Waals surface area contributed by atoms with Crippen LogP contribution in [0.2, 0.25) is 0 Å². The van der Waals surface area contributed by atoms with E-state index in [4.69, 9.17) is 21.1 Å². The number of hydrogen-bond donors (Lipinski definition) is 2. The second-order valence-corrected chi connectivity index (χ2v) is 15.1. The van der Waals surface area contributed by atoms with Gasteiger partial charge in [-0.1, -0.05) is 31.4 Å². The molecule has 0 bridgehead atoms. The molecule has 4 aliphatic rings. The van der Waals surface area contributed by atoms with Gasteiger partial charge in [-0.05, 0) is 62.4 Å². The first kappa shape index (κ1) is 35.6. The van der Waals surface area contributed by atoms with Crippen molar-refractivity contribution in [1.29, 1.82) is 0 Å². The summed E-state index contributed by atoms with van der Waals surface area (Å²) in [5.74, 6) is 2.62. The summed E-state index contributed by atoms with van der Waals surface area (Å²) in [7, 11) is 1.83. The number of aliphatic hydroxyl groups is 1. The first-order chi connectivity index (χ1) is 25.0. The van der Waals surface area contributed by atoms with Crippen molar-refractivity contribution >= 4 is 23.1 Å². The van der Waals surface area contributed by atoms with Crippen molar-refractivity contribution in [1.82, 2.24) is 19.9 Å². The van der Waals surface area contributed by atoms with Gasteiger partial charge in [-0.3, -0.25) is 9.78 Å². The summed E-state index contributed by atoms with van der Waals surface area (Å²) in [4.78, 5) is 32.7. The number of fused-ring (bicyclic) bond motifs is 2. The van der Waals surface area contributed by atoms with Crippen molar-refractivity contribution in [2.45, 2.75) is 94.1 Å². The number of ether oxygens (including phenoxy) is 1. The SMILES string of the molecule is C#Cc1c(F)ccc2c1N([C@H]1CCc3c(nc(OC[C@]4(C)C[C@@H](F)CN4c4ccncc4)nc3NCC3(N(C)C(=O)C=C)CCCC3)C1)C[C@H](O)C2. The van der Waals surface area contributed by atoms with Crippen LogP contribution in [0.3, 0.4) is 0 Å². The number of amides is 1. The quantitative estimate of drug-likeness (QED) is 0.221. The molecule has 0 radical (unpaired) electrons. The van der Waals surface area contributed by atoms with E-state index in [1.54, 1.807) is 23.4 Å². The van der Waals surface area contributed by atoms with Crippen LogP contribution in [0.4, 0.5) is 26.0 Å². The van der Waals surface area contributed by atoms with E-state index in [0.29, 0.717) is 50.3 Å². The van der Waals surface area contributed by atoms with Gasteiger partial charge in [0.2, 0.25) is 5.91 Å². The molecule has 4 atom stereocenters. The number of benzene rings is 1. The van der Waals surface area contributed by atoms with E-state index in [9.17, 15) is 14.3 Å². The molecule has 2 aliphatic carbocycles. The van der Waals surface area contributed by atoms with Crippen LogP contribution in [0.5, 0.6) is 6.01 Å². The summed E-state index contributed by atoms with van der Waals surface area (Å²) >= 11 is 0. The summed E-state index contributed by atoms with van der Waals surface area (Å²) in [5, 5.41) is 14.5. The first-order valence-electron chi connectivity index (χ1n) is 18.3. The van der Waals surface area contributed by atoms with Crippen LogP contribution in [-0.4, -0.2) is 93.5 Å². The van der Waals surface area contributed by atoms with Crippen LogP contribution in [0.1, 0.15) is 67.8 Å². The van der Waals surface area contributed by atoms with E-state index in [1.807, 2.05) is 31.0 Å². The van der Waals surface area contributed by atoms with Crippen molar-refractivity contribution in [2.24, 2.45) is 0 Å². The Morgan fingerprint density at radius 2 is 1.98 bits per heavy atom. The second-order valence-electron chi connectivity index (χ2n) is 15.1. The number of aliphatic hydroxyl groups excluding tert-OH is 1. The molecule has 12 heteroatoms. The maximum atomic E-state index is 15.0. The molecular weight excluding hydrogens is 664 g/mol. The number of carbonyl (C=O) groups is 1. The van der Waals surface area contributed by atoms with Crippen LogP contribution in [-0.2, 0) is 24.1 Å². The Hall–Kier alpha value is -4.76. The average molecular weight is 712 g/mol. The van der Waals surface area contributed by atoms with E-state index in [0.717, 1.165) is 48.2 Å². The van der Waals surface area contributed by atoms with E-state index < -0.39 is 29.2 Å². The van der Waals surface area contributed by atoms with Crippen LogP contribution in [0.15, 0.2) is 49.3 Å². The number of aromatic nitrogens is 3. The largest absolute Gasteiger partial charge is 0.461 e. The number of terminal acetylenes is 1. The van der Waals surface area contributed by atoms with E-state index in [1.165, 1.54) is 12.1 Å². The van der Waals surface area contributed by atoms with Gasteiger partial charge >= 0.3 is 6.01 Å². The fourth-order valence-corrected chi connectivity index (χ4v) is 8.91. The highest BCUT2D eigenvalue weighted by atomic mass is 19.1. The molecule has 274 valence electrons. The number of β-amino-alcohol motifs (C(OH)–C–C–N with tert-alkyl or cyclic N) is 1. The van der Waals surface area contributed by atoms with E-state index in [-0.39, 0.29) is 43.1 Å². The predicted octanol–water partition coefficient (Wildman–Crippen LogP) is 5.03. The van der Waals surface area contributed by atoms with Gasteiger partial charge < -0.3 is 29.9 Å². The number of pyridine rings is 1.